The number of piperazine rings is 1. The SMILES string of the molecule is CCC1C(=O)NCCN1S(=O)(=O)c1cn(CC)c(C)n1. The molecule has 1 amide bonds. The molecule has 1 atom stereocenters. The first-order chi connectivity index (χ1) is 9.41. The van der Waals surface area contributed by atoms with E-state index in [2.05, 4.69) is 10.3 Å². The fraction of sp³-hybridized carbons (Fsp3) is 0.667. The van der Waals surface area contributed by atoms with Gasteiger partial charge in [-0.1, -0.05) is 6.92 Å². The van der Waals surface area contributed by atoms with Crippen molar-refractivity contribution in [1.29, 1.82) is 0 Å². The van der Waals surface area contributed by atoms with Gasteiger partial charge in [0.1, 0.15) is 11.9 Å². The number of hydrogen-bond acceptors (Lipinski definition) is 4. The molecule has 1 N–H and O–H groups in total. The highest BCUT2D eigenvalue weighted by atomic mass is 32.2. The first kappa shape index (κ1) is 15.0. The molecule has 1 aromatic heterocycles. The summed E-state index contributed by atoms with van der Waals surface area (Å²) in [4.78, 5) is 15.9. The van der Waals surface area contributed by atoms with Crippen molar-refractivity contribution in [3.05, 3.63) is 12.0 Å². The van der Waals surface area contributed by atoms with Gasteiger partial charge in [-0.3, -0.25) is 4.79 Å². The van der Waals surface area contributed by atoms with Crippen LogP contribution >= 0.6 is 0 Å². The second-order valence-corrected chi connectivity index (χ2v) is 6.58. The number of amides is 1. The normalized spacial score (nSPS) is 20.9. The van der Waals surface area contributed by atoms with Gasteiger partial charge in [0.25, 0.3) is 10.0 Å². The quantitative estimate of drug-likeness (QED) is 0.855. The lowest BCUT2D eigenvalue weighted by atomic mass is 10.2. The summed E-state index contributed by atoms with van der Waals surface area (Å²) in [6, 6.07) is -0.652. The van der Waals surface area contributed by atoms with Gasteiger partial charge >= 0.3 is 0 Å². The molecule has 0 bridgehead atoms. The van der Waals surface area contributed by atoms with E-state index >= 15 is 0 Å². The van der Waals surface area contributed by atoms with Gasteiger partial charge in [-0.05, 0) is 20.3 Å². The molecular formula is C12H20N4O3S. The van der Waals surface area contributed by atoms with Gasteiger partial charge < -0.3 is 9.88 Å². The third-order valence-corrected chi connectivity index (χ3v) is 5.32. The summed E-state index contributed by atoms with van der Waals surface area (Å²) >= 11 is 0. The molecule has 1 aliphatic heterocycles. The number of imidazole rings is 1. The predicted octanol–water partition coefficient (Wildman–Crippen LogP) is 0.111. The molecular weight excluding hydrogens is 280 g/mol. The molecule has 0 spiro atoms. The van der Waals surface area contributed by atoms with Crippen molar-refractivity contribution in [2.75, 3.05) is 13.1 Å². The predicted molar refractivity (Wildman–Crippen MR) is 73.6 cm³/mol. The van der Waals surface area contributed by atoms with E-state index in [4.69, 9.17) is 0 Å². The van der Waals surface area contributed by atoms with Crippen molar-refractivity contribution in [1.82, 2.24) is 19.2 Å². The second kappa shape index (κ2) is 5.53. The van der Waals surface area contributed by atoms with E-state index < -0.39 is 16.1 Å². The average Bonchev–Trinajstić information content (AvgIpc) is 2.80. The van der Waals surface area contributed by atoms with Crippen LogP contribution in [0, 0.1) is 6.92 Å². The van der Waals surface area contributed by atoms with E-state index in [1.54, 1.807) is 18.4 Å². The molecule has 1 fully saturated rings. The van der Waals surface area contributed by atoms with E-state index in [1.165, 1.54) is 10.5 Å². The van der Waals surface area contributed by atoms with E-state index in [0.29, 0.717) is 25.3 Å². The first-order valence-electron chi connectivity index (χ1n) is 6.75. The van der Waals surface area contributed by atoms with Crippen molar-refractivity contribution in [3.8, 4) is 0 Å². The Balaban J connectivity index is 2.40. The molecule has 112 valence electrons. The summed E-state index contributed by atoms with van der Waals surface area (Å²) < 4.78 is 28.3. The number of aromatic nitrogens is 2. The highest BCUT2D eigenvalue weighted by molar-refractivity contribution is 7.89. The standard InChI is InChI=1S/C12H20N4O3S/c1-4-10-12(17)13-6-7-16(10)20(18,19)11-8-15(5-2)9(3)14-11/h8,10H,4-7H2,1-3H3,(H,13,17). The molecule has 20 heavy (non-hydrogen) atoms. The Hall–Kier alpha value is -1.41. The molecule has 0 radical (unpaired) electrons. The third-order valence-electron chi connectivity index (χ3n) is 3.54. The Kier molecular flexibility index (Phi) is 4.14. The molecule has 2 rings (SSSR count). The molecule has 0 aliphatic carbocycles. The Morgan fingerprint density at radius 3 is 2.70 bits per heavy atom. The number of nitrogens with one attached hydrogen (secondary N) is 1. The number of carbonyl (C=O) groups is 1. The average molecular weight is 300 g/mol. The first-order valence-corrected chi connectivity index (χ1v) is 8.19. The summed E-state index contributed by atoms with van der Waals surface area (Å²) in [7, 11) is -3.73. The highest BCUT2D eigenvalue weighted by Gasteiger charge is 2.38. The lowest BCUT2D eigenvalue weighted by molar-refractivity contribution is -0.126. The monoisotopic (exact) mass is 300 g/mol. The summed E-state index contributed by atoms with van der Waals surface area (Å²) in [5, 5.41) is 2.71. The Labute approximate surface area is 119 Å². The summed E-state index contributed by atoms with van der Waals surface area (Å²) in [6.45, 7) is 6.77. The molecule has 0 aromatic carbocycles. The van der Waals surface area contributed by atoms with Crippen molar-refractivity contribution >= 4 is 15.9 Å². The summed E-state index contributed by atoms with van der Waals surface area (Å²) in [5.41, 5.74) is 0. The minimum Gasteiger partial charge on any atom is -0.353 e. The Bertz CT molecular complexity index is 608. The molecule has 1 unspecified atom stereocenters. The fourth-order valence-corrected chi connectivity index (χ4v) is 4.07. The van der Waals surface area contributed by atoms with Crippen LogP contribution in [0.4, 0.5) is 0 Å². The molecule has 0 saturated carbocycles. The number of sulfonamides is 1. The van der Waals surface area contributed by atoms with E-state index in [9.17, 15) is 13.2 Å². The lowest BCUT2D eigenvalue weighted by Gasteiger charge is -2.32. The zero-order chi connectivity index (χ0) is 14.9. The van der Waals surface area contributed by atoms with Crippen molar-refractivity contribution in [3.63, 3.8) is 0 Å². The van der Waals surface area contributed by atoms with Crippen molar-refractivity contribution in [2.24, 2.45) is 0 Å². The third kappa shape index (κ3) is 2.45. The van der Waals surface area contributed by atoms with Gasteiger partial charge in [0.15, 0.2) is 5.03 Å². The van der Waals surface area contributed by atoms with Gasteiger partial charge in [0.2, 0.25) is 5.91 Å². The van der Waals surface area contributed by atoms with Crippen LogP contribution in [-0.4, -0.2) is 47.3 Å². The van der Waals surface area contributed by atoms with Gasteiger partial charge in [-0.15, -0.1) is 0 Å². The number of rotatable bonds is 4. The van der Waals surface area contributed by atoms with Gasteiger partial charge in [-0.2, -0.15) is 4.31 Å². The molecule has 8 heteroatoms. The topological polar surface area (TPSA) is 84.3 Å². The fourth-order valence-electron chi connectivity index (χ4n) is 2.41. The Morgan fingerprint density at radius 1 is 1.45 bits per heavy atom. The van der Waals surface area contributed by atoms with Gasteiger partial charge in [0, 0.05) is 25.8 Å². The van der Waals surface area contributed by atoms with Crippen LogP contribution in [0.5, 0.6) is 0 Å². The largest absolute Gasteiger partial charge is 0.353 e. The molecule has 1 aromatic rings. The van der Waals surface area contributed by atoms with Crippen LogP contribution in [0.3, 0.4) is 0 Å². The van der Waals surface area contributed by atoms with Gasteiger partial charge in [0.05, 0.1) is 0 Å². The summed E-state index contributed by atoms with van der Waals surface area (Å²) in [6.07, 6.45) is 1.97. The number of hydrogen-bond donors (Lipinski definition) is 1. The zero-order valence-corrected chi connectivity index (χ0v) is 12.8. The molecule has 7 nitrogen and oxygen atoms in total. The maximum absolute atomic E-state index is 12.7. The molecule has 1 saturated heterocycles. The van der Waals surface area contributed by atoms with Crippen LogP contribution in [0.1, 0.15) is 26.1 Å². The number of carbonyl (C=O) groups excluding carboxylic acids is 1. The van der Waals surface area contributed by atoms with Gasteiger partial charge in [-0.25, -0.2) is 13.4 Å². The van der Waals surface area contributed by atoms with Crippen molar-refractivity contribution < 1.29 is 13.2 Å². The number of aryl methyl sites for hydroxylation is 2. The van der Waals surface area contributed by atoms with Crippen LogP contribution in [-0.2, 0) is 21.4 Å². The van der Waals surface area contributed by atoms with E-state index in [-0.39, 0.29) is 17.5 Å². The van der Waals surface area contributed by atoms with Crippen molar-refractivity contribution in [2.45, 2.75) is 44.8 Å². The maximum atomic E-state index is 12.7. The smallest absolute Gasteiger partial charge is 0.262 e. The second-order valence-electron chi connectivity index (χ2n) is 4.74. The minimum absolute atomic E-state index is 0.0185. The van der Waals surface area contributed by atoms with Crippen LogP contribution in [0.2, 0.25) is 0 Å². The van der Waals surface area contributed by atoms with Crippen LogP contribution in [0.25, 0.3) is 0 Å². The maximum Gasteiger partial charge on any atom is 0.262 e. The minimum atomic E-state index is -3.73. The zero-order valence-electron chi connectivity index (χ0n) is 12.0. The molecule has 2 heterocycles. The number of nitrogens with zero attached hydrogens (tertiary/aromatic N) is 3. The van der Waals surface area contributed by atoms with E-state index in [0.717, 1.165) is 0 Å². The lowest BCUT2D eigenvalue weighted by Crippen LogP contribution is -2.56. The highest BCUT2D eigenvalue weighted by Crippen LogP contribution is 2.21. The molecule has 1 aliphatic rings. The summed E-state index contributed by atoms with van der Waals surface area (Å²) in [5.74, 6) is 0.412. The van der Waals surface area contributed by atoms with Crippen LogP contribution < -0.4 is 5.32 Å². The van der Waals surface area contributed by atoms with Crippen LogP contribution in [0.15, 0.2) is 11.2 Å². The van der Waals surface area contributed by atoms with E-state index in [1.807, 2.05) is 6.92 Å². The Morgan fingerprint density at radius 2 is 2.15 bits per heavy atom.